The summed E-state index contributed by atoms with van der Waals surface area (Å²) in [6, 6.07) is 7.23. The lowest BCUT2D eigenvalue weighted by atomic mass is 10.1. The molecule has 1 N–H and O–H groups in total. The molecule has 96 valence electrons. The lowest BCUT2D eigenvalue weighted by molar-refractivity contribution is 0.0992. The maximum atomic E-state index is 12.4. The van der Waals surface area contributed by atoms with Crippen LogP contribution >= 0.6 is 0 Å². The molecule has 0 aliphatic rings. The molecule has 0 spiro atoms. The first kappa shape index (κ1) is 11.5. The molecule has 0 aliphatic carbocycles. The number of hydrogen-bond donors (Lipinski definition) is 1. The van der Waals surface area contributed by atoms with Crippen LogP contribution < -0.4 is 4.90 Å². The number of amides is 1. The lowest BCUT2D eigenvalue weighted by Crippen LogP contribution is -2.26. The van der Waals surface area contributed by atoms with Crippen LogP contribution in [0, 0.1) is 0 Å². The van der Waals surface area contributed by atoms with Crippen molar-refractivity contribution in [3.05, 3.63) is 42.2 Å². The summed E-state index contributed by atoms with van der Waals surface area (Å²) in [7, 11) is 3.52. The Morgan fingerprint density at radius 3 is 2.95 bits per heavy atom. The zero-order valence-corrected chi connectivity index (χ0v) is 10.7. The van der Waals surface area contributed by atoms with Crippen LogP contribution in [-0.4, -0.2) is 32.9 Å². The third kappa shape index (κ3) is 1.97. The standard InChI is InChI=1S/C13H13N5O/c1-17-6-5-12(16-17)18(2)13(19)9-3-4-10-8-14-15-11(10)7-9/h3-8H,1-2H3,(H,14,15). The predicted molar refractivity (Wildman–Crippen MR) is 72.0 cm³/mol. The van der Waals surface area contributed by atoms with E-state index in [1.807, 2.05) is 13.1 Å². The van der Waals surface area contributed by atoms with E-state index >= 15 is 0 Å². The number of H-pyrrole nitrogens is 1. The fraction of sp³-hybridized carbons (Fsp3) is 0.154. The monoisotopic (exact) mass is 255 g/mol. The van der Waals surface area contributed by atoms with E-state index in [-0.39, 0.29) is 5.91 Å². The maximum Gasteiger partial charge on any atom is 0.259 e. The summed E-state index contributed by atoms with van der Waals surface area (Å²) in [5.41, 5.74) is 1.37. The van der Waals surface area contributed by atoms with Crippen molar-refractivity contribution >= 4 is 22.6 Å². The molecule has 0 saturated heterocycles. The van der Waals surface area contributed by atoms with E-state index in [2.05, 4.69) is 15.3 Å². The molecule has 19 heavy (non-hydrogen) atoms. The molecule has 1 amide bonds. The molecule has 0 aliphatic heterocycles. The Morgan fingerprint density at radius 1 is 1.37 bits per heavy atom. The second kappa shape index (κ2) is 4.24. The normalized spacial score (nSPS) is 10.8. The van der Waals surface area contributed by atoms with E-state index in [0.29, 0.717) is 11.4 Å². The van der Waals surface area contributed by atoms with E-state index < -0.39 is 0 Å². The number of benzene rings is 1. The Labute approximate surface area is 109 Å². The third-order valence-corrected chi connectivity index (χ3v) is 3.03. The molecular formula is C13H13N5O. The third-order valence-electron chi connectivity index (χ3n) is 3.03. The Bertz CT molecular complexity index is 742. The summed E-state index contributed by atoms with van der Waals surface area (Å²) in [5.74, 6) is 0.512. The molecular weight excluding hydrogens is 242 g/mol. The molecule has 1 aromatic carbocycles. The lowest BCUT2D eigenvalue weighted by Gasteiger charge is -2.14. The van der Waals surface area contributed by atoms with Crippen LogP contribution in [0.2, 0.25) is 0 Å². The van der Waals surface area contributed by atoms with Crippen molar-refractivity contribution in [1.29, 1.82) is 0 Å². The molecule has 0 fully saturated rings. The van der Waals surface area contributed by atoms with Gasteiger partial charge in [-0.25, -0.2) is 0 Å². The van der Waals surface area contributed by atoms with Crippen LogP contribution in [0.4, 0.5) is 5.82 Å². The van der Waals surface area contributed by atoms with Crippen molar-refractivity contribution in [1.82, 2.24) is 20.0 Å². The number of nitrogens with zero attached hydrogens (tertiary/aromatic N) is 4. The number of rotatable bonds is 2. The average Bonchev–Trinajstić information content (AvgIpc) is 3.04. The zero-order valence-electron chi connectivity index (χ0n) is 10.7. The molecule has 0 atom stereocenters. The van der Waals surface area contributed by atoms with Crippen LogP contribution in [0.15, 0.2) is 36.7 Å². The van der Waals surface area contributed by atoms with Gasteiger partial charge in [-0.3, -0.25) is 19.5 Å². The molecule has 3 rings (SSSR count). The molecule has 6 nitrogen and oxygen atoms in total. The van der Waals surface area contributed by atoms with Crippen LogP contribution in [0.1, 0.15) is 10.4 Å². The largest absolute Gasteiger partial charge is 0.294 e. The molecule has 0 saturated carbocycles. The summed E-state index contributed by atoms with van der Waals surface area (Å²) in [4.78, 5) is 13.9. The number of aryl methyl sites for hydroxylation is 1. The van der Waals surface area contributed by atoms with Gasteiger partial charge in [0.2, 0.25) is 0 Å². The van der Waals surface area contributed by atoms with Crippen molar-refractivity contribution in [3.8, 4) is 0 Å². The van der Waals surface area contributed by atoms with E-state index in [4.69, 9.17) is 0 Å². The first-order valence-corrected chi connectivity index (χ1v) is 5.86. The fourth-order valence-electron chi connectivity index (χ4n) is 1.95. The molecule has 0 radical (unpaired) electrons. The number of carbonyl (C=O) groups excluding carboxylic acids is 1. The van der Waals surface area contributed by atoms with E-state index in [1.54, 1.807) is 42.3 Å². The fourth-order valence-corrected chi connectivity index (χ4v) is 1.95. The summed E-state index contributed by atoms with van der Waals surface area (Å²) < 4.78 is 1.66. The molecule has 3 aromatic rings. The van der Waals surface area contributed by atoms with Gasteiger partial charge in [-0.15, -0.1) is 0 Å². The number of anilines is 1. The maximum absolute atomic E-state index is 12.4. The first-order valence-electron chi connectivity index (χ1n) is 5.86. The second-order valence-corrected chi connectivity index (χ2v) is 4.37. The van der Waals surface area contributed by atoms with Crippen LogP contribution in [0.25, 0.3) is 10.9 Å². The van der Waals surface area contributed by atoms with Crippen molar-refractivity contribution in [2.75, 3.05) is 11.9 Å². The van der Waals surface area contributed by atoms with Gasteiger partial charge in [-0.2, -0.15) is 10.2 Å². The van der Waals surface area contributed by atoms with Gasteiger partial charge in [0, 0.05) is 43.5 Å². The van der Waals surface area contributed by atoms with Gasteiger partial charge < -0.3 is 0 Å². The minimum Gasteiger partial charge on any atom is -0.294 e. The summed E-state index contributed by atoms with van der Waals surface area (Å²) in [5, 5.41) is 12.1. The average molecular weight is 255 g/mol. The Kier molecular flexibility index (Phi) is 2.56. The van der Waals surface area contributed by atoms with Crippen LogP contribution in [0.3, 0.4) is 0 Å². The number of aromatic amines is 1. The topological polar surface area (TPSA) is 66.8 Å². The molecule has 0 bridgehead atoms. The van der Waals surface area contributed by atoms with Gasteiger partial charge in [0.1, 0.15) is 0 Å². The summed E-state index contributed by atoms with van der Waals surface area (Å²) in [6.07, 6.45) is 3.60. The van der Waals surface area contributed by atoms with Crippen LogP contribution in [-0.2, 0) is 7.05 Å². The van der Waals surface area contributed by atoms with Crippen LogP contribution in [0.5, 0.6) is 0 Å². The van der Waals surface area contributed by atoms with E-state index in [0.717, 1.165) is 10.9 Å². The Morgan fingerprint density at radius 2 is 2.21 bits per heavy atom. The minimum atomic E-state index is -0.108. The van der Waals surface area contributed by atoms with Crippen molar-refractivity contribution < 1.29 is 4.79 Å². The molecule has 2 aromatic heterocycles. The smallest absolute Gasteiger partial charge is 0.259 e. The first-order chi connectivity index (χ1) is 9.15. The van der Waals surface area contributed by atoms with Gasteiger partial charge in [-0.1, -0.05) is 6.07 Å². The number of fused-ring (bicyclic) bond motifs is 1. The van der Waals surface area contributed by atoms with Crippen molar-refractivity contribution in [2.45, 2.75) is 0 Å². The van der Waals surface area contributed by atoms with Gasteiger partial charge in [0.05, 0.1) is 5.52 Å². The van der Waals surface area contributed by atoms with Gasteiger partial charge in [0.15, 0.2) is 5.82 Å². The quantitative estimate of drug-likeness (QED) is 0.756. The van der Waals surface area contributed by atoms with Gasteiger partial charge >= 0.3 is 0 Å². The highest BCUT2D eigenvalue weighted by molar-refractivity contribution is 6.06. The zero-order chi connectivity index (χ0) is 13.4. The number of hydrogen-bond acceptors (Lipinski definition) is 3. The number of carbonyl (C=O) groups is 1. The SMILES string of the molecule is CN(C(=O)c1ccc2c[nH]nc2c1)c1ccn(C)n1. The highest BCUT2D eigenvalue weighted by Crippen LogP contribution is 2.16. The van der Waals surface area contributed by atoms with Crippen molar-refractivity contribution in [3.63, 3.8) is 0 Å². The predicted octanol–water partition coefficient (Wildman–Crippen LogP) is 1.57. The Balaban J connectivity index is 1.94. The van der Waals surface area contributed by atoms with Gasteiger partial charge in [0.25, 0.3) is 5.91 Å². The Hall–Kier alpha value is -2.63. The van der Waals surface area contributed by atoms with E-state index in [1.165, 1.54) is 4.90 Å². The van der Waals surface area contributed by atoms with Crippen molar-refractivity contribution in [2.24, 2.45) is 7.05 Å². The van der Waals surface area contributed by atoms with E-state index in [9.17, 15) is 4.79 Å². The number of nitrogens with one attached hydrogen (secondary N) is 1. The summed E-state index contributed by atoms with van der Waals surface area (Å²) >= 11 is 0. The summed E-state index contributed by atoms with van der Waals surface area (Å²) in [6.45, 7) is 0. The van der Waals surface area contributed by atoms with Gasteiger partial charge in [-0.05, 0) is 12.1 Å². The second-order valence-electron chi connectivity index (χ2n) is 4.37. The molecule has 2 heterocycles. The highest BCUT2D eigenvalue weighted by Gasteiger charge is 2.16. The minimum absolute atomic E-state index is 0.108. The number of aromatic nitrogens is 4. The molecule has 6 heteroatoms. The highest BCUT2D eigenvalue weighted by atomic mass is 16.2. The molecule has 0 unspecified atom stereocenters.